The summed E-state index contributed by atoms with van der Waals surface area (Å²) in [4.78, 5) is 0. The van der Waals surface area contributed by atoms with Gasteiger partial charge in [-0.15, -0.1) is 0 Å². The average molecular weight is 254 g/mol. The third-order valence-electron chi connectivity index (χ3n) is 4.23. The van der Waals surface area contributed by atoms with Crippen molar-refractivity contribution >= 4 is 5.57 Å². The van der Waals surface area contributed by atoms with E-state index in [2.05, 4.69) is 41.7 Å². The second-order valence-electron chi connectivity index (χ2n) is 5.33. The van der Waals surface area contributed by atoms with E-state index >= 15 is 0 Å². The molecule has 0 bridgehead atoms. The van der Waals surface area contributed by atoms with Crippen LogP contribution in [0, 0.1) is 11.3 Å². The van der Waals surface area contributed by atoms with Crippen LogP contribution in [0.25, 0.3) is 5.57 Å². The second-order valence-corrected chi connectivity index (χ2v) is 5.33. The molecule has 19 heavy (non-hydrogen) atoms. The monoisotopic (exact) mass is 254 g/mol. The number of benzene rings is 1. The molecule has 3 atom stereocenters. The highest BCUT2D eigenvalue weighted by Gasteiger charge is 2.41. The SMILES string of the molecule is N#C[C@H]1N[C@H](CO)[C@H]1c1ccc(C2=CCCC2)cc1. The third-order valence-corrected chi connectivity index (χ3v) is 4.23. The molecule has 0 saturated carbocycles. The van der Waals surface area contributed by atoms with Gasteiger partial charge in [0.15, 0.2) is 0 Å². The van der Waals surface area contributed by atoms with Crippen molar-refractivity contribution in [2.24, 2.45) is 0 Å². The van der Waals surface area contributed by atoms with Gasteiger partial charge in [-0.25, -0.2) is 0 Å². The van der Waals surface area contributed by atoms with Gasteiger partial charge in [-0.2, -0.15) is 5.26 Å². The lowest BCUT2D eigenvalue weighted by Gasteiger charge is -2.42. The van der Waals surface area contributed by atoms with Crippen molar-refractivity contribution in [3.8, 4) is 6.07 Å². The molecule has 3 nitrogen and oxygen atoms in total. The molecule has 1 saturated heterocycles. The van der Waals surface area contributed by atoms with E-state index in [-0.39, 0.29) is 24.6 Å². The molecule has 1 aromatic rings. The molecule has 0 amide bonds. The molecule has 1 aromatic carbocycles. The summed E-state index contributed by atoms with van der Waals surface area (Å²) in [7, 11) is 0. The van der Waals surface area contributed by atoms with E-state index in [1.807, 2.05) is 0 Å². The van der Waals surface area contributed by atoms with Crippen LogP contribution in [0.4, 0.5) is 0 Å². The lowest BCUT2D eigenvalue weighted by Crippen LogP contribution is -2.60. The van der Waals surface area contributed by atoms with Gasteiger partial charge in [0.25, 0.3) is 0 Å². The lowest BCUT2D eigenvalue weighted by molar-refractivity contribution is 0.151. The van der Waals surface area contributed by atoms with Crippen LogP contribution in [-0.4, -0.2) is 23.8 Å². The summed E-state index contributed by atoms with van der Waals surface area (Å²) in [6, 6.07) is 10.6. The third kappa shape index (κ3) is 2.18. The first-order valence-electron chi connectivity index (χ1n) is 6.89. The molecule has 0 aromatic heterocycles. The van der Waals surface area contributed by atoms with Crippen LogP contribution in [0.5, 0.6) is 0 Å². The Labute approximate surface area is 113 Å². The van der Waals surface area contributed by atoms with Crippen molar-refractivity contribution in [3.05, 3.63) is 41.5 Å². The Morgan fingerprint density at radius 1 is 1.32 bits per heavy atom. The number of nitrogens with one attached hydrogen (secondary N) is 1. The quantitative estimate of drug-likeness (QED) is 0.869. The summed E-state index contributed by atoms with van der Waals surface area (Å²) < 4.78 is 0. The fourth-order valence-electron chi connectivity index (χ4n) is 3.11. The van der Waals surface area contributed by atoms with Crippen LogP contribution >= 0.6 is 0 Å². The lowest BCUT2D eigenvalue weighted by atomic mass is 9.78. The van der Waals surface area contributed by atoms with E-state index in [0.717, 1.165) is 5.56 Å². The summed E-state index contributed by atoms with van der Waals surface area (Å²) in [5, 5.41) is 21.4. The first-order valence-corrected chi connectivity index (χ1v) is 6.89. The van der Waals surface area contributed by atoms with Crippen LogP contribution in [0.3, 0.4) is 0 Å². The summed E-state index contributed by atoms with van der Waals surface area (Å²) in [6.07, 6.45) is 5.93. The van der Waals surface area contributed by atoms with Crippen molar-refractivity contribution in [2.45, 2.75) is 37.3 Å². The van der Waals surface area contributed by atoms with Crippen molar-refractivity contribution in [1.82, 2.24) is 5.32 Å². The first-order chi connectivity index (χ1) is 9.33. The van der Waals surface area contributed by atoms with Crippen molar-refractivity contribution < 1.29 is 5.11 Å². The molecule has 3 heteroatoms. The molecule has 0 radical (unpaired) electrons. The Kier molecular flexibility index (Phi) is 3.37. The van der Waals surface area contributed by atoms with Crippen LogP contribution in [0.15, 0.2) is 30.3 Å². The zero-order valence-electron chi connectivity index (χ0n) is 10.8. The van der Waals surface area contributed by atoms with Gasteiger partial charge < -0.3 is 5.11 Å². The molecule has 2 aliphatic rings. The zero-order valence-corrected chi connectivity index (χ0v) is 10.8. The van der Waals surface area contributed by atoms with Crippen LogP contribution < -0.4 is 5.32 Å². The van der Waals surface area contributed by atoms with Gasteiger partial charge in [-0.05, 0) is 36.0 Å². The first kappa shape index (κ1) is 12.4. The number of rotatable bonds is 3. The molecule has 98 valence electrons. The maximum absolute atomic E-state index is 9.28. The molecule has 1 aliphatic heterocycles. The normalized spacial score (nSPS) is 29.5. The highest BCUT2D eigenvalue weighted by atomic mass is 16.3. The maximum Gasteiger partial charge on any atom is 0.104 e. The van der Waals surface area contributed by atoms with Gasteiger partial charge >= 0.3 is 0 Å². The molecular weight excluding hydrogens is 236 g/mol. The van der Waals surface area contributed by atoms with Crippen LogP contribution in [-0.2, 0) is 0 Å². The highest BCUT2D eigenvalue weighted by molar-refractivity contribution is 5.67. The Hall–Kier alpha value is -1.63. The number of hydrogen-bond donors (Lipinski definition) is 2. The van der Waals surface area contributed by atoms with Crippen molar-refractivity contribution in [1.29, 1.82) is 5.26 Å². The van der Waals surface area contributed by atoms with E-state index in [0.29, 0.717) is 0 Å². The van der Waals surface area contributed by atoms with E-state index in [4.69, 9.17) is 5.26 Å². The smallest absolute Gasteiger partial charge is 0.104 e. The van der Waals surface area contributed by atoms with Gasteiger partial charge in [0.2, 0.25) is 0 Å². The predicted molar refractivity (Wildman–Crippen MR) is 74.4 cm³/mol. The molecule has 1 fully saturated rings. The van der Waals surface area contributed by atoms with E-state index in [9.17, 15) is 5.11 Å². The van der Waals surface area contributed by atoms with Gasteiger partial charge in [-0.1, -0.05) is 30.3 Å². The summed E-state index contributed by atoms with van der Waals surface area (Å²) >= 11 is 0. The highest BCUT2D eigenvalue weighted by Crippen LogP contribution is 2.33. The van der Waals surface area contributed by atoms with Gasteiger partial charge in [0.05, 0.1) is 12.7 Å². The molecule has 1 aliphatic carbocycles. The summed E-state index contributed by atoms with van der Waals surface area (Å²) in [6.45, 7) is 0.0791. The molecule has 0 unspecified atom stereocenters. The summed E-state index contributed by atoms with van der Waals surface area (Å²) in [5.74, 6) is 0.113. The Balaban J connectivity index is 1.80. The average Bonchev–Trinajstić information content (AvgIpc) is 2.93. The standard InChI is InChI=1S/C16H18N2O/c17-9-14-16(15(10-19)18-14)13-7-5-12(6-8-13)11-3-1-2-4-11/h3,5-8,14-16,18-19H,1-2,4,10H2/t14-,15-,16+/m1/s1. The predicted octanol–water partition coefficient (Wildman–Crippen LogP) is 2.19. The molecule has 3 rings (SSSR count). The Morgan fingerprint density at radius 2 is 2.11 bits per heavy atom. The minimum Gasteiger partial charge on any atom is -0.395 e. The maximum atomic E-state index is 9.28. The van der Waals surface area contributed by atoms with E-state index in [1.165, 1.54) is 30.4 Å². The molecule has 1 heterocycles. The van der Waals surface area contributed by atoms with E-state index < -0.39 is 0 Å². The molecular formula is C16H18N2O. The summed E-state index contributed by atoms with van der Waals surface area (Å²) in [5.41, 5.74) is 3.88. The topological polar surface area (TPSA) is 56.0 Å². The molecule has 2 N–H and O–H groups in total. The number of nitrogens with zero attached hydrogens (tertiary/aromatic N) is 1. The van der Waals surface area contributed by atoms with Crippen molar-refractivity contribution in [2.75, 3.05) is 6.61 Å². The van der Waals surface area contributed by atoms with Gasteiger partial charge in [0.1, 0.15) is 6.04 Å². The minimum atomic E-state index is -0.173. The van der Waals surface area contributed by atoms with Gasteiger partial charge in [0, 0.05) is 12.0 Å². The van der Waals surface area contributed by atoms with Gasteiger partial charge in [-0.3, -0.25) is 5.32 Å². The zero-order chi connectivity index (χ0) is 13.2. The molecule has 0 spiro atoms. The second kappa shape index (κ2) is 5.16. The Bertz CT molecular complexity index is 527. The number of aliphatic hydroxyl groups excluding tert-OH is 1. The number of aliphatic hydroxyl groups is 1. The number of nitriles is 1. The fraction of sp³-hybridized carbons (Fsp3) is 0.438. The largest absolute Gasteiger partial charge is 0.395 e. The van der Waals surface area contributed by atoms with Crippen molar-refractivity contribution in [3.63, 3.8) is 0 Å². The number of allylic oxidation sites excluding steroid dienone is 2. The van der Waals surface area contributed by atoms with E-state index in [1.54, 1.807) is 0 Å². The Morgan fingerprint density at radius 3 is 2.68 bits per heavy atom. The fourth-order valence-corrected chi connectivity index (χ4v) is 3.11. The van der Waals surface area contributed by atoms with Crippen LogP contribution in [0.1, 0.15) is 36.3 Å². The van der Waals surface area contributed by atoms with Crippen LogP contribution in [0.2, 0.25) is 0 Å². The number of hydrogen-bond acceptors (Lipinski definition) is 3. The minimum absolute atomic E-state index is 0.0150.